The Hall–Kier alpha value is -2.06. The molecule has 1 N–H and O–H groups in total. The van der Waals surface area contributed by atoms with E-state index in [9.17, 15) is 0 Å². The van der Waals surface area contributed by atoms with E-state index in [1.165, 1.54) is 11.1 Å². The second-order valence-corrected chi connectivity index (χ2v) is 4.65. The summed E-state index contributed by atoms with van der Waals surface area (Å²) in [6.07, 6.45) is 0. The number of hydrogen-bond acceptors (Lipinski definition) is 2. The Morgan fingerprint density at radius 2 is 1.90 bits per heavy atom. The summed E-state index contributed by atoms with van der Waals surface area (Å²) in [7, 11) is 0. The van der Waals surface area contributed by atoms with Gasteiger partial charge in [-0.2, -0.15) is 0 Å². The van der Waals surface area contributed by atoms with E-state index in [4.69, 9.17) is 4.74 Å². The van der Waals surface area contributed by atoms with E-state index >= 15 is 0 Å². The highest BCUT2D eigenvalue weighted by Crippen LogP contribution is 2.14. The van der Waals surface area contributed by atoms with E-state index in [-0.39, 0.29) is 0 Å². The number of hydrogen-bond donors (Lipinski definition) is 1. The molecular formula is C18H21NO. The van der Waals surface area contributed by atoms with Crippen molar-refractivity contribution in [3.63, 3.8) is 0 Å². The molecule has 20 heavy (non-hydrogen) atoms. The third-order valence-corrected chi connectivity index (χ3v) is 3.06. The van der Waals surface area contributed by atoms with Crippen LogP contribution in [0.1, 0.15) is 18.1 Å². The summed E-state index contributed by atoms with van der Waals surface area (Å²) in [4.78, 5) is 0. The fourth-order valence-corrected chi connectivity index (χ4v) is 2.05. The van der Waals surface area contributed by atoms with E-state index in [1.54, 1.807) is 0 Å². The smallest absolute Gasteiger partial charge is 0.119 e. The maximum atomic E-state index is 5.50. The zero-order valence-electron chi connectivity index (χ0n) is 11.9. The van der Waals surface area contributed by atoms with E-state index in [0.717, 1.165) is 24.4 Å². The van der Waals surface area contributed by atoms with Crippen molar-refractivity contribution < 1.29 is 4.74 Å². The molecule has 0 heterocycles. The molecular weight excluding hydrogens is 246 g/mol. The van der Waals surface area contributed by atoms with Crippen LogP contribution in [0.15, 0.2) is 61.2 Å². The summed E-state index contributed by atoms with van der Waals surface area (Å²) in [5.41, 5.74) is 3.51. The summed E-state index contributed by atoms with van der Waals surface area (Å²) in [6, 6.07) is 18.4. The molecule has 2 nitrogen and oxygen atoms in total. The molecule has 0 aromatic heterocycles. The van der Waals surface area contributed by atoms with Crippen LogP contribution < -0.4 is 10.1 Å². The predicted octanol–water partition coefficient (Wildman–Crippen LogP) is 3.89. The molecule has 0 atom stereocenters. The molecule has 0 radical (unpaired) electrons. The minimum absolute atomic E-state index is 0.696. The molecule has 0 aliphatic rings. The van der Waals surface area contributed by atoms with E-state index in [1.807, 2.05) is 37.3 Å². The number of nitrogens with one attached hydrogen (secondary N) is 1. The minimum atomic E-state index is 0.696. The number of ether oxygens (including phenoxy) is 1. The monoisotopic (exact) mass is 267 g/mol. The van der Waals surface area contributed by atoms with Gasteiger partial charge in [0.1, 0.15) is 5.75 Å². The molecule has 104 valence electrons. The van der Waals surface area contributed by atoms with Gasteiger partial charge < -0.3 is 10.1 Å². The van der Waals surface area contributed by atoms with Crippen LogP contribution >= 0.6 is 0 Å². The predicted molar refractivity (Wildman–Crippen MR) is 84.8 cm³/mol. The van der Waals surface area contributed by atoms with Crippen molar-refractivity contribution in [1.29, 1.82) is 0 Å². The van der Waals surface area contributed by atoms with E-state index in [0.29, 0.717) is 6.61 Å². The van der Waals surface area contributed by atoms with Crippen LogP contribution in [-0.2, 0) is 6.54 Å². The first-order valence-corrected chi connectivity index (χ1v) is 6.95. The second kappa shape index (κ2) is 7.51. The molecule has 0 spiro atoms. The van der Waals surface area contributed by atoms with Gasteiger partial charge in [0, 0.05) is 13.1 Å². The number of benzene rings is 2. The molecule has 2 aromatic carbocycles. The zero-order valence-corrected chi connectivity index (χ0v) is 11.9. The van der Waals surface area contributed by atoms with Crippen LogP contribution in [0, 0.1) is 0 Å². The molecule has 0 unspecified atom stereocenters. The Morgan fingerprint density at radius 3 is 2.65 bits per heavy atom. The third kappa shape index (κ3) is 4.25. The van der Waals surface area contributed by atoms with Crippen LogP contribution in [0.2, 0.25) is 0 Å². The molecule has 0 aliphatic carbocycles. The fourth-order valence-electron chi connectivity index (χ4n) is 2.05. The van der Waals surface area contributed by atoms with Gasteiger partial charge in [-0.1, -0.05) is 49.0 Å². The lowest BCUT2D eigenvalue weighted by Crippen LogP contribution is -2.15. The summed E-state index contributed by atoms with van der Waals surface area (Å²) < 4.78 is 5.50. The average Bonchev–Trinajstić information content (AvgIpc) is 2.49. The van der Waals surface area contributed by atoms with E-state index < -0.39 is 0 Å². The summed E-state index contributed by atoms with van der Waals surface area (Å²) in [5.74, 6) is 0.925. The van der Waals surface area contributed by atoms with Crippen molar-refractivity contribution >= 4 is 5.57 Å². The summed E-state index contributed by atoms with van der Waals surface area (Å²) >= 11 is 0. The van der Waals surface area contributed by atoms with Gasteiger partial charge in [0.05, 0.1) is 6.61 Å². The summed E-state index contributed by atoms with van der Waals surface area (Å²) in [5, 5.41) is 3.41. The molecule has 0 aliphatic heterocycles. The Balaban J connectivity index is 1.84. The Morgan fingerprint density at radius 1 is 1.10 bits per heavy atom. The topological polar surface area (TPSA) is 21.3 Å². The van der Waals surface area contributed by atoms with Crippen molar-refractivity contribution in [3.05, 3.63) is 72.3 Å². The van der Waals surface area contributed by atoms with Gasteiger partial charge in [-0.3, -0.25) is 0 Å². The first-order chi connectivity index (χ1) is 9.79. The normalized spacial score (nSPS) is 10.2. The molecule has 0 saturated heterocycles. The molecule has 2 heteroatoms. The van der Waals surface area contributed by atoms with Gasteiger partial charge in [-0.15, -0.1) is 0 Å². The SMILES string of the molecule is C=C(CNCc1cccc(OCC)c1)c1ccccc1. The van der Waals surface area contributed by atoms with Gasteiger partial charge in [0.15, 0.2) is 0 Å². The maximum Gasteiger partial charge on any atom is 0.119 e. The molecule has 0 saturated carbocycles. The summed E-state index contributed by atoms with van der Waals surface area (Å²) in [6.45, 7) is 8.40. The van der Waals surface area contributed by atoms with E-state index in [2.05, 4.69) is 36.2 Å². The third-order valence-electron chi connectivity index (χ3n) is 3.06. The molecule has 2 rings (SSSR count). The first kappa shape index (κ1) is 14.4. The van der Waals surface area contributed by atoms with Gasteiger partial charge in [0.2, 0.25) is 0 Å². The average molecular weight is 267 g/mol. The van der Waals surface area contributed by atoms with Crippen molar-refractivity contribution in [1.82, 2.24) is 5.32 Å². The molecule has 0 bridgehead atoms. The lowest BCUT2D eigenvalue weighted by atomic mass is 10.1. The lowest BCUT2D eigenvalue weighted by Gasteiger charge is -2.09. The molecule has 0 fully saturated rings. The molecule has 2 aromatic rings. The fraction of sp³-hybridized carbons (Fsp3) is 0.222. The lowest BCUT2D eigenvalue weighted by molar-refractivity contribution is 0.340. The van der Waals surface area contributed by atoms with Crippen molar-refractivity contribution in [2.75, 3.05) is 13.2 Å². The Kier molecular flexibility index (Phi) is 5.39. The van der Waals surface area contributed by atoms with Gasteiger partial charge in [-0.25, -0.2) is 0 Å². The first-order valence-electron chi connectivity index (χ1n) is 6.95. The van der Waals surface area contributed by atoms with Crippen LogP contribution in [-0.4, -0.2) is 13.2 Å². The highest BCUT2D eigenvalue weighted by molar-refractivity contribution is 5.64. The standard InChI is InChI=1S/C18H21NO/c1-3-20-18-11-7-8-16(12-18)14-19-13-15(2)17-9-5-4-6-10-17/h4-12,19H,2-3,13-14H2,1H3. The van der Waals surface area contributed by atoms with Crippen molar-refractivity contribution in [2.24, 2.45) is 0 Å². The Labute approximate surface area is 121 Å². The van der Waals surface area contributed by atoms with Crippen LogP contribution in [0.4, 0.5) is 0 Å². The Bertz CT molecular complexity index is 548. The van der Waals surface area contributed by atoms with Crippen LogP contribution in [0.3, 0.4) is 0 Å². The quantitative estimate of drug-likeness (QED) is 0.821. The maximum absolute atomic E-state index is 5.50. The second-order valence-electron chi connectivity index (χ2n) is 4.65. The van der Waals surface area contributed by atoms with Crippen molar-refractivity contribution in [3.8, 4) is 5.75 Å². The van der Waals surface area contributed by atoms with Crippen LogP contribution in [0.25, 0.3) is 5.57 Å². The highest BCUT2D eigenvalue weighted by Gasteiger charge is 1.99. The number of rotatable bonds is 7. The van der Waals surface area contributed by atoms with Crippen molar-refractivity contribution in [2.45, 2.75) is 13.5 Å². The highest BCUT2D eigenvalue weighted by atomic mass is 16.5. The zero-order chi connectivity index (χ0) is 14.2. The van der Waals surface area contributed by atoms with Gasteiger partial charge in [0.25, 0.3) is 0 Å². The van der Waals surface area contributed by atoms with Gasteiger partial charge >= 0.3 is 0 Å². The van der Waals surface area contributed by atoms with Gasteiger partial charge in [-0.05, 0) is 35.8 Å². The minimum Gasteiger partial charge on any atom is -0.494 e. The van der Waals surface area contributed by atoms with Crippen LogP contribution in [0.5, 0.6) is 5.75 Å². The molecule has 0 amide bonds. The largest absolute Gasteiger partial charge is 0.494 e.